The summed E-state index contributed by atoms with van der Waals surface area (Å²) in [5.41, 5.74) is 1.16. The summed E-state index contributed by atoms with van der Waals surface area (Å²) in [6.07, 6.45) is 4.42. The molecule has 24 heavy (non-hydrogen) atoms. The van der Waals surface area contributed by atoms with Crippen LogP contribution in [0.4, 0.5) is 0 Å². The summed E-state index contributed by atoms with van der Waals surface area (Å²) in [5.74, 6) is -0.0657. The van der Waals surface area contributed by atoms with Crippen LogP contribution in [0.2, 0.25) is 0 Å². The van der Waals surface area contributed by atoms with Crippen molar-refractivity contribution in [3.63, 3.8) is 0 Å². The Hall–Kier alpha value is -1.86. The second kappa shape index (κ2) is 6.94. The van der Waals surface area contributed by atoms with E-state index in [9.17, 15) is 13.2 Å². The van der Waals surface area contributed by atoms with E-state index in [0.717, 1.165) is 12.1 Å². The van der Waals surface area contributed by atoms with E-state index in [0.29, 0.717) is 32.5 Å². The highest BCUT2D eigenvalue weighted by atomic mass is 32.2. The molecular weight excluding hydrogens is 326 g/mol. The molecule has 1 aliphatic rings. The summed E-state index contributed by atoms with van der Waals surface area (Å²) in [5, 5.41) is 4.17. The zero-order chi connectivity index (χ0) is 17.2. The molecule has 1 aliphatic heterocycles. The lowest BCUT2D eigenvalue weighted by molar-refractivity contribution is -0.126. The van der Waals surface area contributed by atoms with Crippen LogP contribution in [0.1, 0.15) is 12.8 Å². The smallest absolute Gasteiger partial charge is 0.223 e. The van der Waals surface area contributed by atoms with Gasteiger partial charge in [0.2, 0.25) is 15.9 Å². The molecule has 0 aliphatic carbocycles. The summed E-state index contributed by atoms with van der Waals surface area (Å²) in [7, 11) is -3.14. The third-order valence-electron chi connectivity index (χ3n) is 4.63. The van der Waals surface area contributed by atoms with Gasteiger partial charge in [0.05, 0.1) is 6.26 Å². The lowest BCUT2D eigenvalue weighted by Crippen LogP contribution is -2.43. The van der Waals surface area contributed by atoms with Crippen LogP contribution in [0.5, 0.6) is 0 Å². The van der Waals surface area contributed by atoms with Crippen molar-refractivity contribution < 1.29 is 13.2 Å². The molecule has 1 N–H and O–H groups in total. The first-order valence-electron chi connectivity index (χ1n) is 8.22. The van der Waals surface area contributed by atoms with Crippen molar-refractivity contribution in [3.05, 3.63) is 36.5 Å². The number of nitrogens with one attached hydrogen (secondary N) is 1. The molecular formula is C17H23N3O3S. The van der Waals surface area contributed by atoms with Gasteiger partial charge in [-0.2, -0.15) is 0 Å². The van der Waals surface area contributed by atoms with E-state index in [2.05, 4.69) is 28.1 Å². The minimum Gasteiger partial charge on any atom is -0.354 e. The van der Waals surface area contributed by atoms with E-state index in [4.69, 9.17) is 0 Å². The second-order valence-electron chi connectivity index (χ2n) is 6.30. The van der Waals surface area contributed by atoms with Crippen molar-refractivity contribution in [2.24, 2.45) is 5.92 Å². The number of nitrogens with zero attached hydrogens (tertiary/aromatic N) is 2. The fraction of sp³-hybridized carbons (Fsp3) is 0.471. The van der Waals surface area contributed by atoms with E-state index in [-0.39, 0.29) is 11.8 Å². The molecule has 1 aromatic carbocycles. The number of aromatic nitrogens is 1. The van der Waals surface area contributed by atoms with Crippen molar-refractivity contribution in [3.8, 4) is 0 Å². The minimum absolute atomic E-state index is 0.0274. The fourth-order valence-corrected chi connectivity index (χ4v) is 4.10. The van der Waals surface area contributed by atoms with E-state index in [1.165, 1.54) is 15.9 Å². The normalized spacial score (nSPS) is 17.2. The van der Waals surface area contributed by atoms with Gasteiger partial charge in [-0.05, 0) is 30.4 Å². The van der Waals surface area contributed by atoms with E-state index in [1.54, 1.807) is 0 Å². The fourth-order valence-electron chi connectivity index (χ4n) is 3.23. The molecule has 1 saturated heterocycles. The first kappa shape index (κ1) is 17.0. The Bertz CT molecular complexity index is 820. The standard InChI is InChI=1S/C17H23N3O3S/c1-24(22,23)20-11-7-15(8-12-20)17(21)18-9-13-19-10-6-14-4-2-3-5-16(14)19/h2-6,10,15H,7-9,11-13H2,1H3,(H,18,21). The topological polar surface area (TPSA) is 71.4 Å². The first-order valence-corrected chi connectivity index (χ1v) is 10.1. The van der Waals surface area contributed by atoms with E-state index in [1.807, 2.05) is 18.3 Å². The number of hydrogen-bond acceptors (Lipinski definition) is 3. The Labute approximate surface area is 142 Å². The molecule has 3 rings (SSSR count). The maximum absolute atomic E-state index is 12.3. The third-order valence-corrected chi connectivity index (χ3v) is 5.93. The molecule has 0 atom stereocenters. The van der Waals surface area contributed by atoms with Gasteiger partial charge in [-0.1, -0.05) is 18.2 Å². The quantitative estimate of drug-likeness (QED) is 0.888. The van der Waals surface area contributed by atoms with Crippen molar-refractivity contribution in [1.29, 1.82) is 0 Å². The summed E-state index contributed by atoms with van der Waals surface area (Å²) >= 11 is 0. The van der Waals surface area contributed by atoms with E-state index >= 15 is 0 Å². The zero-order valence-corrected chi connectivity index (χ0v) is 14.6. The second-order valence-corrected chi connectivity index (χ2v) is 8.28. The largest absolute Gasteiger partial charge is 0.354 e. The van der Waals surface area contributed by atoms with Crippen molar-refractivity contribution >= 4 is 26.8 Å². The van der Waals surface area contributed by atoms with Gasteiger partial charge < -0.3 is 9.88 Å². The van der Waals surface area contributed by atoms with Crippen LogP contribution in [-0.2, 0) is 21.4 Å². The van der Waals surface area contributed by atoms with Gasteiger partial charge in [0.15, 0.2) is 0 Å². The van der Waals surface area contributed by atoms with Gasteiger partial charge in [0.25, 0.3) is 0 Å². The molecule has 130 valence electrons. The molecule has 1 aromatic heterocycles. The number of amides is 1. The summed E-state index contributed by atoms with van der Waals surface area (Å²) in [6, 6.07) is 10.2. The third kappa shape index (κ3) is 3.79. The lowest BCUT2D eigenvalue weighted by atomic mass is 9.97. The van der Waals surface area contributed by atoms with Gasteiger partial charge in [0.1, 0.15) is 0 Å². The van der Waals surface area contributed by atoms with Crippen LogP contribution in [0.15, 0.2) is 36.5 Å². The monoisotopic (exact) mass is 349 g/mol. The summed E-state index contributed by atoms with van der Waals surface area (Å²) in [6.45, 7) is 2.16. The molecule has 0 spiro atoms. The van der Waals surface area contributed by atoms with Crippen LogP contribution in [0.25, 0.3) is 10.9 Å². The zero-order valence-electron chi connectivity index (χ0n) is 13.8. The van der Waals surface area contributed by atoms with Crippen LogP contribution >= 0.6 is 0 Å². The van der Waals surface area contributed by atoms with Crippen molar-refractivity contribution in [2.45, 2.75) is 19.4 Å². The number of carbonyl (C=O) groups is 1. The number of para-hydroxylation sites is 1. The first-order chi connectivity index (χ1) is 11.4. The van der Waals surface area contributed by atoms with Crippen LogP contribution in [0.3, 0.4) is 0 Å². The van der Waals surface area contributed by atoms with Gasteiger partial charge in [0, 0.05) is 43.8 Å². The van der Waals surface area contributed by atoms with Gasteiger partial charge in [-0.25, -0.2) is 12.7 Å². The molecule has 6 nitrogen and oxygen atoms in total. The maximum Gasteiger partial charge on any atom is 0.223 e. The Morgan fingerprint density at radius 2 is 1.92 bits per heavy atom. The highest BCUT2D eigenvalue weighted by Gasteiger charge is 2.28. The van der Waals surface area contributed by atoms with Gasteiger partial charge >= 0.3 is 0 Å². The Kier molecular flexibility index (Phi) is 4.91. The SMILES string of the molecule is CS(=O)(=O)N1CCC(C(=O)NCCn2ccc3ccccc32)CC1. The Morgan fingerprint density at radius 3 is 2.62 bits per heavy atom. The average Bonchev–Trinajstić information content (AvgIpc) is 2.97. The van der Waals surface area contributed by atoms with Crippen LogP contribution < -0.4 is 5.32 Å². The molecule has 7 heteroatoms. The summed E-state index contributed by atoms with van der Waals surface area (Å²) in [4.78, 5) is 12.3. The summed E-state index contributed by atoms with van der Waals surface area (Å²) < 4.78 is 26.6. The van der Waals surface area contributed by atoms with Crippen LogP contribution in [-0.4, -0.2) is 49.1 Å². The number of benzene rings is 1. The number of piperidine rings is 1. The van der Waals surface area contributed by atoms with Crippen molar-refractivity contribution in [1.82, 2.24) is 14.2 Å². The predicted molar refractivity (Wildman–Crippen MR) is 94.1 cm³/mol. The molecule has 2 aromatic rings. The Balaban J connectivity index is 1.48. The van der Waals surface area contributed by atoms with Gasteiger partial charge in [-0.15, -0.1) is 0 Å². The number of hydrogen-bond donors (Lipinski definition) is 1. The molecule has 1 amide bonds. The maximum atomic E-state index is 12.3. The molecule has 0 unspecified atom stereocenters. The highest BCUT2D eigenvalue weighted by Crippen LogP contribution is 2.19. The molecule has 0 radical (unpaired) electrons. The number of rotatable bonds is 5. The molecule has 2 heterocycles. The molecule has 0 saturated carbocycles. The van der Waals surface area contributed by atoms with E-state index < -0.39 is 10.0 Å². The minimum atomic E-state index is -3.14. The molecule has 0 bridgehead atoms. The molecule has 1 fully saturated rings. The Morgan fingerprint density at radius 1 is 1.21 bits per heavy atom. The number of sulfonamides is 1. The van der Waals surface area contributed by atoms with Crippen LogP contribution in [0, 0.1) is 5.92 Å². The van der Waals surface area contributed by atoms with Crippen molar-refractivity contribution in [2.75, 3.05) is 25.9 Å². The highest BCUT2D eigenvalue weighted by molar-refractivity contribution is 7.88. The van der Waals surface area contributed by atoms with Gasteiger partial charge in [-0.3, -0.25) is 4.79 Å². The average molecular weight is 349 g/mol. The number of carbonyl (C=O) groups excluding carboxylic acids is 1. The lowest BCUT2D eigenvalue weighted by Gasteiger charge is -2.29. The number of fused-ring (bicyclic) bond motifs is 1. The predicted octanol–water partition coefficient (Wildman–Crippen LogP) is 1.43.